The van der Waals surface area contributed by atoms with Crippen molar-refractivity contribution in [2.75, 3.05) is 11.1 Å². The highest BCUT2D eigenvalue weighted by atomic mass is 16.2. The van der Waals surface area contributed by atoms with Gasteiger partial charge >= 0.3 is 11.8 Å². The van der Waals surface area contributed by atoms with Crippen LogP contribution in [0, 0.1) is 6.92 Å². The van der Waals surface area contributed by atoms with E-state index >= 15 is 0 Å². The molecular formula is C17H19N3O2. The lowest BCUT2D eigenvalue weighted by molar-refractivity contribution is -0.136. The summed E-state index contributed by atoms with van der Waals surface area (Å²) in [6.45, 7) is 3.72. The fourth-order valence-corrected chi connectivity index (χ4v) is 2.06. The summed E-state index contributed by atoms with van der Waals surface area (Å²) in [4.78, 5) is 23.9. The second-order valence-corrected chi connectivity index (χ2v) is 5.15. The largest absolute Gasteiger partial charge is 0.397 e. The molecule has 1 atom stereocenters. The zero-order valence-corrected chi connectivity index (χ0v) is 12.6. The van der Waals surface area contributed by atoms with Gasteiger partial charge in [-0.15, -0.1) is 0 Å². The smallest absolute Gasteiger partial charge is 0.313 e. The molecule has 2 rings (SSSR count). The standard InChI is InChI=1S/C17H19N3O2/c1-11-8-9-15(14(18)10-11)20-17(22)16(21)19-12(2)13-6-4-3-5-7-13/h3-10,12H,18H2,1-2H3,(H,19,21)(H,20,22). The molecule has 5 heteroatoms. The number of nitrogen functional groups attached to an aromatic ring is 1. The van der Waals surface area contributed by atoms with E-state index in [2.05, 4.69) is 10.6 Å². The maximum atomic E-state index is 11.9. The van der Waals surface area contributed by atoms with E-state index in [0.29, 0.717) is 11.4 Å². The molecule has 0 radical (unpaired) electrons. The first-order chi connectivity index (χ1) is 10.5. The highest BCUT2D eigenvalue weighted by Gasteiger charge is 2.17. The average molecular weight is 297 g/mol. The number of carbonyl (C=O) groups is 2. The lowest BCUT2D eigenvalue weighted by atomic mass is 10.1. The molecule has 2 aromatic carbocycles. The van der Waals surface area contributed by atoms with Crippen LogP contribution in [0.3, 0.4) is 0 Å². The highest BCUT2D eigenvalue weighted by Crippen LogP contribution is 2.19. The van der Waals surface area contributed by atoms with E-state index in [-0.39, 0.29) is 6.04 Å². The summed E-state index contributed by atoms with van der Waals surface area (Å²) in [5.74, 6) is -1.44. The van der Waals surface area contributed by atoms with Crippen molar-refractivity contribution < 1.29 is 9.59 Å². The Morgan fingerprint density at radius 1 is 1.05 bits per heavy atom. The van der Waals surface area contributed by atoms with Gasteiger partial charge in [0.05, 0.1) is 17.4 Å². The fraction of sp³-hybridized carbons (Fsp3) is 0.176. The number of benzene rings is 2. The summed E-state index contributed by atoms with van der Waals surface area (Å²) >= 11 is 0. The van der Waals surface area contributed by atoms with Gasteiger partial charge in [0.15, 0.2) is 0 Å². The van der Waals surface area contributed by atoms with E-state index in [1.165, 1.54) is 0 Å². The average Bonchev–Trinajstić information content (AvgIpc) is 2.50. The van der Waals surface area contributed by atoms with Gasteiger partial charge in [0, 0.05) is 0 Å². The van der Waals surface area contributed by atoms with Gasteiger partial charge in [0.1, 0.15) is 0 Å². The molecule has 4 N–H and O–H groups in total. The Hall–Kier alpha value is -2.82. The second kappa shape index (κ2) is 6.76. The number of aryl methyl sites for hydroxylation is 1. The maximum absolute atomic E-state index is 11.9. The van der Waals surface area contributed by atoms with E-state index in [4.69, 9.17) is 5.73 Å². The number of hydrogen-bond acceptors (Lipinski definition) is 3. The monoisotopic (exact) mass is 297 g/mol. The van der Waals surface area contributed by atoms with Crippen molar-refractivity contribution in [3.8, 4) is 0 Å². The van der Waals surface area contributed by atoms with E-state index in [1.54, 1.807) is 12.1 Å². The molecule has 0 saturated carbocycles. The number of anilines is 2. The molecule has 0 aliphatic rings. The van der Waals surface area contributed by atoms with Crippen LogP contribution in [0.5, 0.6) is 0 Å². The van der Waals surface area contributed by atoms with Gasteiger partial charge in [-0.05, 0) is 37.1 Å². The summed E-state index contributed by atoms with van der Waals surface area (Å²) in [7, 11) is 0. The highest BCUT2D eigenvalue weighted by molar-refractivity contribution is 6.40. The Morgan fingerprint density at radius 2 is 1.73 bits per heavy atom. The Morgan fingerprint density at radius 3 is 2.36 bits per heavy atom. The second-order valence-electron chi connectivity index (χ2n) is 5.15. The van der Waals surface area contributed by atoms with Crippen LogP contribution in [-0.2, 0) is 9.59 Å². The molecule has 0 aliphatic carbocycles. The summed E-state index contributed by atoms with van der Waals surface area (Å²) in [5.41, 5.74) is 8.59. The van der Waals surface area contributed by atoms with Crippen LogP contribution in [0.4, 0.5) is 11.4 Å². The molecule has 0 bridgehead atoms. The SMILES string of the molecule is Cc1ccc(NC(=O)C(=O)NC(C)c2ccccc2)c(N)c1. The zero-order valence-electron chi connectivity index (χ0n) is 12.6. The normalized spacial score (nSPS) is 11.5. The number of rotatable bonds is 3. The van der Waals surface area contributed by atoms with Crippen molar-refractivity contribution in [1.82, 2.24) is 5.32 Å². The van der Waals surface area contributed by atoms with Crippen molar-refractivity contribution in [2.45, 2.75) is 19.9 Å². The molecule has 0 saturated heterocycles. The molecule has 114 valence electrons. The van der Waals surface area contributed by atoms with Crippen molar-refractivity contribution in [1.29, 1.82) is 0 Å². The third kappa shape index (κ3) is 3.85. The van der Waals surface area contributed by atoms with Crippen LogP contribution >= 0.6 is 0 Å². The first kappa shape index (κ1) is 15.6. The molecular weight excluding hydrogens is 278 g/mol. The molecule has 5 nitrogen and oxygen atoms in total. The maximum Gasteiger partial charge on any atom is 0.313 e. The molecule has 2 aromatic rings. The van der Waals surface area contributed by atoms with Crippen LogP contribution in [0.1, 0.15) is 24.1 Å². The molecule has 0 aliphatic heterocycles. The molecule has 0 aromatic heterocycles. The fourth-order valence-electron chi connectivity index (χ4n) is 2.06. The first-order valence-electron chi connectivity index (χ1n) is 7.00. The molecule has 0 heterocycles. The van der Waals surface area contributed by atoms with Crippen molar-refractivity contribution >= 4 is 23.2 Å². The first-order valence-corrected chi connectivity index (χ1v) is 7.00. The van der Waals surface area contributed by atoms with Crippen LogP contribution in [0.15, 0.2) is 48.5 Å². The van der Waals surface area contributed by atoms with Crippen LogP contribution in [-0.4, -0.2) is 11.8 Å². The van der Waals surface area contributed by atoms with Gasteiger partial charge in [0.2, 0.25) is 0 Å². The van der Waals surface area contributed by atoms with E-state index in [1.807, 2.05) is 50.2 Å². The molecule has 2 amide bonds. The minimum atomic E-state index is -0.738. The number of nitrogens with two attached hydrogens (primary N) is 1. The third-order valence-electron chi connectivity index (χ3n) is 3.31. The van der Waals surface area contributed by atoms with Crippen LogP contribution in [0.25, 0.3) is 0 Å². The number of nitrogens with one attached hydrogen (secondary N) is 2. The van der Waals surface area contributed by atoms with E-state index in [0.717, 1.165) is 11.1 Å². The minimum absolute atomic E-state index is 0.255. The quantitative estimate of drug-likeness (QED) is 0.601. The lowest BCUT2D eigenvalue weighted by Crippen LogP contribution is -2.37. The summed E-state index contributed by atoms with van der Waals surface area (Å²) < 4.78 is 0. The van der Waals surface area contributed by atoms with Crippen LogP contribution in [0.2, 0.25) is 0 Å². The van der Waals surface area contributed by atoms with Crippen molar-refractivity contribution in [2.24, 2.45) is 0 Å². The summed E-state index contributed by atoms with van der Waals surface area (Å²) in [6.07, 6.45) is 0. The summed E-state index contributed by atoms with van der Waals surface area (Å²) in [6, 6.07) is 14.4. The molecule has 1 unspecified atom stereocenters. The van der Waals surface area contributed by atoms with Crippen molar-refractivity contribution in [3.05, 3.63) is 59.7 Å². The van der Waals surface area contributed by atoms with E-state index < -0.39 is 11.8 Å². The molecule has 22 heavy (non-hydrogen) atoms. The van der Waals surface area contributed by atoms with Gasteiger partial charge in [0.25, 0.3) is 0 Å². The predicted octanol–water partition coefficient (Wildman–Crippen LogP) is 2.39. The van der Waals surface area contributed by atoms with Crippen molar-refractivity contribution in [3.63, 3.8) is 0 Å². The predicted molar refractivity (Wildman–Crippen MR) is 87.2 cm³/mol. The Labute approximate surface area is 129 Å². The summed E-state index contributed by atoms with van der Waals surface area (Å²) in [5, 5.41) is 5.17. The van der Waals surface area contributed by atoms with Crippen LogP contribution < -0.4 is 16.4 Å². The molecule has 0 spiro atoms. The van der Waals surface area contributed by atoms with Gasteiger partial charge in [-0.3, -0.25) is 9.59 Å². The number of amides is 2. The lowest BCUT2D eigenvalue weighted by Gasteiger charge is -2.14. The Bertz CT molecular complexity index is 684. The number of hydrogen-bond donors (Lipinski definition) is 3. The van der Waals surface area contributed by atoms with E-state index in [9.17, 15) is 9.59 Å². The Kier molecular flexibility index (Phi) is 4.78. The third-order valence-corrected chi connectivity index (χ3v) is 3.31. The van der Waals surface area contributed by atoms with Gasteiger partial charge < -0.3 is 16.4 Å². The van der Waals surface area contributed by atoms with Gasteiger partial charge in [-0.25, -0.2) is 0 Å². The van der Waals surface area contributed by atoms with Gasteiger partial charge in [-0.2, -0.15) is 0 Å². The van der Waals surface area contributed by atoms with Gasteiger partial charge in [-0.1, -0.05) is 36.4 Å². The number of carbonyl (C=O) groups excluding carboxylic acids is 2. The topological polar surface area (TPSA) is 84.2 Å². The molecule has 0 fully saturated rings. The zero-order chi connectivity index (χ0) is 16.1. The minimum Gasteiger partial charge on any atom is -0.397 e. The Balaban J connectivity index is 1.99.